The van der Waals surface area contributed by atoms with E-state index in [1.54, 1.807) is 12.1 Å². The van der Waals surface area contributed by atoms with Crippen LogP contribution in [0.4, 0.5) is 0 Å². The molecule has 0 bridgehead atoms. The van der Waals surface area contributed by atoms with Crippen molar-refractivity contribution in [1.29, 1.82) is 0 Å². The number of aliphatic hydroxyl groups is 1. The molecule has 1 rings (SSSR count). The Morgan fingerprint density at radius 3 is 3.00 bits per heavy atom. The van der Waals surface area contributed by atoms with Gasteiger partial charge < -0.3 is 10.8 Å². The maximum atomic E-state index is 8.44. The first kappa shape index (κ1) is 13.4. The summed E-state index contributed by atoms with van der Waals surface area (Å²) in [6.07, 6.45) is 1.48. The molecule has 0 saturated heterocycles. The standard InChI is InChI=1S/C10H13ClN4O2/c11-9-4-2-1-3-8(9)7-13-14-10(12)15-17-6-5-16/h1-4,7,16H,5-6H2,(H3,12,14,15)/b13-7+. The Balaban J connectivity index is 2.49. The zero-order valence-corrected chi connectivity index (χ0v) is 9.76. The second-order valence-corrected chi connectivity index (χ2v) is 3.33. The van der Waals surface area contributed by atoms with Crippen molar-refractivity contribution in [2.24, 2.45) is 15.9 Å². The number of hydroxylamine groups is 1. The molecular formula is C10H13ClN4O2. The van der Waals surface area contributed by atoms with Crippen LogP contribution in [0.15, 0.2) is 34.5 Å². The van der Waals surface area contributed by atoms with E-state index in [-0.39, 0.29) is 19.2 Å². The van der Waals surface area contributed by atoms with E-state index in [2.05, 4.69) is 15.7 Å². The number of hydrogen-bond donors (Lipinski definition) is 3. The number of nitrogens with two attached hydrogens (primary N) is 1. The number of nitrogens with one attached hydrogen (secondary N) is 1. The number of nitrogens with zero attached hydrogens (tertiary/aromatic N) is 2. The van der Waals surface area contributed by atoms with Crippen molar-refractivity contribution in [2.75, 3.05) is 13.2 Å². The third-order valence-corrected chi connectivity index (χ3v) is 1.98. The van der Waals surface area contributed by atoms with E-state index in [0.29, 0.717) is 5.02 Å². The van der Waals surface area contributed by atoms with Gasteiger partial charge in [0.15, 0.2) is 0 Å². The van der Waals surface area contributed by atoms with Crippen molar-refractivity contribution in [3.8, 4) is 0 Å². The Bertz CT molecular complexity index is 409. The van der Waals surface area contributed by atoms with Gasteiger partial charge >= 0.3 is 0 Å². The molecule has 0 aliphatic rings. The molecule has 0 aliphatic heterocycles. The summed E-state index contributed by atoms with van der Waals surface area (Å²) in [6.45, 7) is 0.00756. The first-order chi connectivity index (χ1) is 8.24. The second-order valence-electron chi connectivity index (χ2n) is 2.93. The molecule has 0 unspecified atom stereocenters. The Labute approximate surface area is 104 Å². The van der Waals surface area contributed by atoms with Crippen molar-refractivity contribution in [1.82, 2.24) is 5.48 Å². The number of halogens is 1. The topological polar surface area (TPSA) is 92.2 Å². The zero-order valence-electron chi connectivity index (χ0n) is 9.01. The summed E-state index contributed by atoms with van der Waals surface area (Å²) in [4.78, 5) is 4.72. The number of rotatable bonds is 5. The molecule has 0 aliphatic carbocycles. The van der Waals surface area contributed by atoms with Crippen molar-refractivity contribution >= 4 is 23.8 Å². The highest BCUT2D eigenvalue weighted by molar-refractivity contribution is 6.33. The van der Waals surface area contributed by atoms with Gasteiger partial charge in [-0.15, -0.1) is 5.10 Å². The molecule has 0 heterocycles. The smallest absolute Gasteiger partial charge is 0.237 e. The van der Waals surface area contributed by atoms with Crippen LogP contribution in [0.2, 0.25) is 5.02 Å². The van der Waals surface area contributed by atoms with Crippen LogP contribution in [-0.2, 0) is 4.84 Å². The van der Waals surface area contributed by atoms with Crippen LogP contribution in [0, 0.1) is 0 Å². The van der Waals surface area contributed by atoms with Crippen LogP contribution in [0.25, 0.3) is 0 Å². The SMILES string of the molecule is NC(=N/N=C/c1ccccc1Cl)NOCCO. The number of guanidine groups is 1. The van der Waals surface area contributed by atoms with Crippen LogP contribution in [0.3, 0.4) is 0 Å². The third-order valence-electron chi connectivity index (χ3n) is 1.64. The summed E-state index contributed by atoms with van der Waals surface area (Å²) < 4.78 is 0. The lowest BCUT2D eigenvalue weighted by atomic mass is 10.2. The van der Waals surface area contributed by atoms with E-state index < -0.39 is 0 Å². The predicted octanol–water partition coefficient (Wildman–Crippen LogP) is 0.502. The van der Waals surface area contributed by atoms with Gasteiger partial charge in [0, 0.05) is 10.6 Å². The molecule has 0 atom stereocenters. The Morgan fingerprint density at radius 2 is 2.29 bits per heavy atom. The van der Waals surface area contributed by atoms with Gasteiger partial charge in [0.1, 0.15) is 0 Å². The normalized spacial score (nSPS) is 12.0. The molecular weight excluding hydrogens is 244 g/mol. The van der Waals surface area contributed by atoms with E-state index in [1.807, 2.05) is 12.1 Å². The first-order valence-corrected chi connectivity index (χ1v) is 5.21. The van der Waals surface area contributed by atoms with Crippen molar-refractivity contribution in [3.63, 3.8) is 0 Å². The fourth-order valence-corrected chi connectivity index (χ4v) is 1.11. The highest BCUT2D eigenvalue weighted by Crippen LogP contribution is 2.12. The molecule has 92 valence electrons. The molecule has 6 nitrogen and oxygen atoms in total. The molecule has 1 aromatic rings. The van der Waals surface area contributed by atoms with Gasteiger partial charge in [0.05, 0.1) is 19.4 Å². The lowest BCUT2D eigenvalue weighted by Gasteiger charge is -2.01. The van der Waals surface area contributed by atoms with Crippen molar-refractivity contribution < 1.29 is 9.94 Å². The molecule has 0 saturated carbocycles. The minimum Gasteiger partial charge on any atom is -0.394 e. The van der Waals surface area contributed by atoms with E-state index in [0.717, 1.165) is 5.56 Å². The molecule has 1 aromatic carbocycles. The highest BCUT2D eigenvalue weighted by Gasteiger charge is 1.93. The monoisotopic (exact) mass is 256 g/mol. The van der Waals surface area contributed by atoms with Crippen molar-refractivity contribution in [3.05, 3.63) is 34.9 Å². The molecule has 4 N–H and O–H groups in total. The average Bonchev–Trinajstić information content (AvgIpc) is 2.32. The molecule has 0 amide bonds. The molecule has 7 heteroatoms. The third kappa shape index (κ3) is 5.30. The Hall–Kier alpha value is -1.63. The fraction of sp³-hybridized carbons (Fsp3) is 0.200. The summed E-state index contributed by atoms with van der Waals surface area (Å²) in [6, 6.07) is 7.20. The lowest BCUT2D eigenvalue weighted by Crippen LogP contribution is -2.32. The van der Waals surface area contributed by atoms with Crippen LogP contribution < -0.4 is 11.2 Å². The number of benzene rings is 1. The quantitative estimate of drug-likeness (QED) is 0.310. The van der Waals surface area contributed by atoms with E-state index in [9.17, 15) is 0 Å². The van der Waals surface area contributed by atoms with E-state index >= 15 is 0 Å². The largest absolute Gasteiger partial charge is 0.394 e. The molecule has 0 fully saturated rings. The van der Waals surface area contributed by atoms with Crippen LogP contribution in [0.5, 0.6) is 0 Å². The van der Waals surface area contributed by atoms with Gasteiger partial charge in [0.2, 0.25) is 5.96 Å². The van der Waals surface area contributed by atoms with Gasteiger partial charge in [-0.3, -0.25) is 4.84 Å². The fourth-order valence-electron chi connectivity index (χ4n) is 0.924. The van der Waals surface area contributed by atoms with Gasteiger partial charge in [0.25, 0.3) is 0 Å². The van der Waals surface area contributed by atoms with Gasteiger partial charge in [-0.1, -0.05) is 29.8 Å². The summed E-state index contributed by atoms with van der Waals surface area (Å²) in [5.41, 5.74) is 8.45. The minimum atomic E-state index is -0.108. The molecule has 0 radical (unpaired) electrons. The predicted molar refractivity (Wildman–Crippen MR) is 66.8 cm³/mol. The number of aliphatic hydroxyl groups excluding tert-OH is 1. The first-order valence-electron chi connectivity index (χ1n) is 4.83. The Kier molecular flexibility index (Phi) is 6.02. The molecule has 0 aromatic heterocycles. The van der Waals surface area contributed by atoms with Crippen LogP contribution in [0.1, 0.15) is 5.56 Å². The second kappa shape index (κ2) is 7.61. The lowest BCUT2D eigenvalue weighted by molar-refractivity contribution is 0.0525. The summed E-state index contributed by atoms with van der Waals surface area (Å²) >= 11 is 5.90. The maximum absolute atomic E-state index is 8.44. The molecule has 0 spiro atoms. The number of hydrogen-bond acceptors (Lipinski definition) is 4. The van der Waals surface area contributed by atoms with Crippen molar-refractivity contribution in [2.45, 2.75) is 0 Å². The van der Waals surface area contributed by atoms with Crippen LogP contribution >= 0.6 is 11.6 Å². The van der Waals surface area contributed by atoms with Gasteiger partial charge in [-0.2, -0.15) is 5.10 Å². The van der Waals surface area contributed by atoms with Gasteiger partial charge in [-0.25, -0.2) is 5.48 Å². The summed E-state index contributed by atoms with van der Waals surface area (Å²) in [7, 11) is 0. The summed E-state index contributed by atoms with van der Waals surface area (Å²) in [5.74, 6) is -0.0123. The summed E-state index contributed by atoms with van der Waals surface area (Å²) in [5, 5.41) is 16.4. The minimum absolute atomic E-state index is 0.0123. The van der Waals surface area contributed by atoms with Crippen LogP contribution in [-0.4, -0.2) is 30.5 Å². The Morgan fingerprint density at radius 1 is 1.53 bits per heavy atom. The highest BCUT2D eigenvalue weighted by atomic mass is 35.5. The zero-order chi connectivity index (χ0) is 12.5. The average molecular weight is 257 g/mol. The maximum Gasteiger partial charge on any atom is 0.237 e. The molecule has 17 heavy (non-hydrogen) atoms. The van der Waals surface area contributed by atoms with Gasteiger partial charge in [-0.05, 0) is 6.07 Å². The van der Waals surface area contributed by atoms with E-state index in [1.165, 1.54) is 6.21 Å². The van der Waals surface area contributed by atoms with E-state index in [4.69, 9.17) is 27.3 Å².